The van der Waals surface area contributed by atoms with E-state index in [0.717, 1.165) is 43.9 Å². The standard InChI is InChI=1S/C25H23N7O3/c33-21(23-17-3-1-2-4-18(17)25(34)31-30-23)12-16-13-26-29-22(16)24-27-19-6-5-15(11-20(19)28-24)14-32-7-9-35-10-8-32/h1-6,11,13H,7-10,12,14H2,(H,26,29)(H,27,28)(H,31,34). The number of ketones is 1. The third kappa shape index (κ3) is 4.13. The second kappa shape index (κ2) is 8.90. The van der Waals surface area contributed by atoms with E-state index in [1.165, 1.54) is 5.56 Å². The third-order valence-electron chi connectivity index (χ3n) is 6.32. The van der Waals surface area contributed by atoms with Gasteiger partial charge < -0.3 is 9.72 Å². The van der Waals surface area contributed by atoms with Gasteiger partial charge in [0.05, 0.1) is 35.8 Å². The van der Waals surface area contributed by atoms with E-state index in [4.69, 9.17) is 9.72 Å². The van der Waals surface area contributed by atoms with Crippen molar-refractivity contribution >= 4 is 27.6 Å². The lowest BCUT2D eigenvalue weighted by atomic mass is 10.0. The molecule has 0 saturated carbocycles. The van der Waals surface area contributed by atoms with E-state index in [-0.39, 0.29) is 23.5 Å². The fourth-order valence-electron chi connectivity index (χ4n) is 4.53. The van der Waals surface area contributed by atoms with Crippen LogP contribution in [0.15, 0.2) is 53.5 Å². The molecule has 1 aliphatic rings. The molecule has 10 nitrogen and oxygen atoms in total. The quantitative estimate of drug-likeness (QED) is 0.325. The molecule has 0 atom stereocenters. The molecule has 0 spiro atoms. The van der Waals surface area contributed by atoms with Gasteiger partial charge in [-0.15, -0.1) is 0 Å². The number of nitrogens with one attached hydrogen (secondary N) is 3. The number of aromatic amines is 3. The maximum absolute atomic E-state index is 13.2. The van der Waals surface area contributed by atoms with Crippen LogP contribution in [0.2, 0.25) is 0 Å². The average molecular weight is 470 g/mol. The fourth-order valence-corrected chi connectivity index (χ4v) is 4.53. The lowest BCUT2D eigenvalue weighted by molar-refractivity contribution is 0.0342. The van der Waals surface area contributed by atoms with Crippen molar-refractivity contribution < 1.29 is 9.53 Å². The van der Waals surface area contributed by atoms with Gasteiger partial charge in [-0.05, 0) is 23.8 Å². The number of hydrogen-bond donors (Lipinski definition) is 3. The average Bonchev–Trinajstić information content (AvgIpc) is 3.51. The number of ether oxygens (including phenoxy) is 1. The maximum Gasteiger partial charge on any atom is 0.272 e. The highest BCUT2D eigenvalue weighted by molar-refractivity contribution is 6.07. The van der Waals surface area contributed by atoms with Crippen LogP contribution in [-0.2, 0) is 17.7 Å². The highest BCUT2D eigenvalue weighted by atomic mass is 16.5. The molecule has 6 rings (SSSR count). The van der Waals surface area contributed by atoms with Crippen LogP contribution in [0.25, 0.3) is 33.3 Å². The van der Waals surface area contributed by atoms with Gasteiger partial charge in [0, 0.05) is 37.0 Å². The van der Waals surface area contributed by atoms with E-state index in [1.807, 2.05) is 6.07 Å². The summed E-state index contributed by atoms with van der Waals surface area (Å²) in [7, 11) is 0. The number of nitrogens with zero attached hydrogens (tertiary/aromatic N) is 4. The predicted molar refractivity (Wildman–Crippen MR) is 130 cm³/mol. The monoisotopic (exact) mass is 469 g/mol. The second-order valence-corrected chi connectivity index (χ2v) is 8.64. The minimum absolute atomic E-state index is 0.0637. The molecule has 4 heterocycles. The van der Waals surface area contributed by atoms with Crippen molar-refractivity contribution in [3.8, 4) is 11.5 Å². The van der Waals surface area contributed by atoms with E-state index < -0.39 is 0 Å². The predicted octanol–water partition coefficient (Wildman–Crippen LogP) is 2.45. The number of morpholine rings is 1. The van der Waals surface area contributed by atoms with Crippen LogP contribution in [-0.4, -0.2) is 67.3 Å². The summed E-state index contributed by atoms with van der Waals surface area (Å²) in [5.41, 5.74) is 4.21. The first-order chi connectivity index (χ1) is 17.2. The molecule has 3 aromatic heterocycles. The Kier molecular flexibility index (Phi) is 5.44. The summed E-state index contributed by atoms with van der Waals surface area (Å²) in [6.07, 6.45) is 1.69. The number of H-pyrrole nitrogens is 3. The van der Waals surface area contributed by atoms with E-state index in [2.05, 4.69) is 42.4 Å². The van der Waals surface area contributed by atoms with E-state index in [0.29, 0.717) is 27.9 Å². The first-order valence-electron chi connectivity index (χ1n) is 11.5. The Morgan fingerprint density at radius 1 is 1.06 bits per heavy atom. The number of carbonyl (C=O) groups is 1. The molecule has 0 aliphatic carbocycles. The highest BCUT2D eigenvalue weighted by Gasteiger charge is 2.20. The molecule has 0 amide bonds. The molecule has 1 aliphatic heterocycles. The number of aromatic nitrogens is 6. The molecule has 0 radical (unpaired) electrons. The van der Waals surface area contributed by atoms with Crippen molar-refractivity contribution in [3.63, 3.8) is 0 Å². The molecule has 0 bridgehead atoms. The van der Waals surface area contributed by atoms with Crippen LogP contribution >= 0.6 is 0 Å². The number of imidazole rings is 1. The van der Waals surface area contributed by atoms with E-state index in [1.54, 1.807) is 30.5 Å². The van der Waals surface area contributed by atoms with Crippen molar-refractivity contribution in [2.75, 3.05) is 26.3 Å². The molecule has 0 unspecified atom stereocenters. The zero-order chi connectivity index (χ0) is 23.8. The largest absolute Gasteiger partial charge is 0.379 e. The van der Waals surface area contributed by atoms with Crippen molar-refractivity contribution in [1.82, 2.24) is 35.3 Å². The first kappa shape index (κ1) is 21.4. The summed E-state index contributed by atoms with van der Waals surface area (Å²) >= 11 is 0. The normalized spacial score (nSPS) is 14.6. The summed E-state index contributed by atoms with van der Waals surface area (Å²) in [5.74, 6) is 0.395. The number of rotatable bonds is 6. The van der Waals surface area contributed by atoms with Gasteiger partial charge in [0.15, 0.2) is 11.6 Å². The summed E-state index contributed by atoms with van der Waals surface area (Å²) < 4.78 is 5.43. The van der Waals surface area contributed by atoms with Crippen LogP contribution in [0.4, 0.5) is 0 Å². The lowest BCUT2D eigenvalue weighted by Gasteiger charge is -2.26. The number of Topliss-reactive ketones (excluding diaryl/α,β-unsaturated/α-hetero) is 1. The van der Waals surface area contributed by atoms with Gasteiger partial charge in [-0.2, -0.15) is 10.2 Å². The Labute approximate surface area is 199 Å². The lowest BCUT2D eigenvalue weighted by Crippen LogP contribution is -2.35. The van der Waals surface area contributed by atoms with Gasteiger partial charge in [0.25, 0.3) is 5.56 Å². The molecule has 2 aromatic carbocycles. The van der Waals surface area contributed by atoms with Gasteiger partial charge in [-0.3, -0.25) is 19.6 Å². The fraction of sp³-hybridized carbons (Fsp3) is 0.240. The molecule has 5 aromatic rings. The number of benzene rings is 2. The molecular weight excluding hydrogens is 446 g/mol. The molecule has 1 fully saturated rings. The first-order valence-corrected chi connectivity index (χ1v) is 11.5. The zero-order valence-electron chi connectivity index (χ0n) is 18.9. The SMILES string of the molecule is O=C(Cc1cn[nH]c1-c1nc2ccc(CN3CCOCC3)cc2[nH]1)c1n[nH]c(=O)c2ccccc12. The number of carbonyl (C=O) groups excluding carboxylic acids is 1. The molecule has 3 N–H and O–H groups in total. The van der Waals surface area contributed by atoms with Gasteiger partial charge in [-0.25, -0.2) is 10.1 Å². The van der Waals surface area contributed by atoms with Crippen LogP contribution in [0, 0.1) is 0 Å². The minimum atomic E-state index is -0.323. The molecule has 10 heteroatoms. The Morgan fingerprint density at radius 2 is 1.89 bits per heavy atom. The van der Waals surface area contributed by atoms with Crippen LogP contribution < -0.4 is 5.56 Å². The molecule has 176 valence electrons. The van der Waals surface area contributed by atoms with Crippen molar-refractivity contribution in [1.29, 1.82) is 0 Å². The van der Waals surface area contributed by atoms with Gasteiger partial charge in [0.1, 0.15) is 11.4 Å². The van der Waals surface area contributed by atoms with E-state index in [9.17, 15) is 9.59 Å². The zero-order valence-corrected chi connectivity index (χ0v) is 18.9. The van der Waals surface area contributed by atoms with Crippen LogP contribution in [0.5, 0.6) is 0 Å². The Balaban J connectivity index is 1.27. The number of hydrogen-bond acceptors (Lipinski definition) is 7. The maximum atomic E-state index is 13.2. The third-order valence-corrected chi connectivity index (χ3v) is 6.32. The number of fused-ring (bicyclic) bond motifs is 2. The van der Waals surface area contributed by atoms with Crippen molar-refractivity contribution in [2.24, 2.45) is 0 Å². The molecule has 35 heavy (non-hydrogen) atoms. The Bertz CT molecular complexity index is 1590. The minimum Gasteiger partial charge on any atom is -0.379 e. The van der Waals surface area contributed by atoms with Crippen molar-refractivity contribution in [3.05, 3.63) is 75.8 Å². The van der Waals surface area contributed by atoms with Gasteiger partial charge in [0.2, 0.25) is 0 Å². The van der Waals surface area contributed by atoms with Crippen LogP contribution in [0.1, 0.15) is 21.6 Å². The van der Waals surface area contributed by atoms with Gasteiger partial charge in [-0.1, -0.05) is 24.3 Å². The summed E-state index contributed by atoms with van der Waals surface area (Å²) in [5, 5.41) is 14.5. The Hall–Kier alpha value is -4.15. The highest BCUT2D eigenvalue weighted by Crippen LogP contribution is 2.25. The smallest absolute Gasteiger partial charge is 0.272 e. The summed E-state index contributed by atoms with van der Waals surface area (Å²) in [4.78, 5) is 35.7. The van der Waals surface area contributed by atoms with Crippen molar-refractivity contribution in [2.45, 2.75) is 13.0 Å². The second-order valence-electron chi connectivity index (χ2n) is 8.64. The van der Waals surface area contributed by atoms with E-state index >= 15 is 0 Å². The van der Waals surface area contributed by atoms with Crippen LogP contribution in [0.3, 0.4) is 0 Å². The topological polar surface area (TPSA) is 133 Å². The Morgan fingerprint density at radius 3 is 2.74 bits per heavy atom. The van der Waals surface area contributed by atoms with Gasteiger partial charge >= 0.3 is 0 Å². The molecule has 1 saturated heterocycles. The summed E-state index contributed by atoms with van der Waals surface area (Å²) in [6, 6.07) is 13.2. The molecular formula is C25H23N7O3. The summed E-state index contributed by atoms with van der Waals surface area (Å²) in [6.45, 7) is 4.25.